The summed E-state index contributed by atoms with van der Waals surface area (Å²) in [5, 5.41) is 0. The summed E-state index contributed by atoms with van der Waals surface area (Å²) in [6, 6.07) is 1.90. The molecule has 1 heterocycles. The van der Waals surface area contributed by atoms with Crippen molar-refractivity contribution in [1.29, 1.82) is 0 Å². The maximum Gasteiger partial charge on any atom is 0.0258 e. The Morgan fingerprint density at radius 1 is 1.18 bits per heavy atom. The number of allylic oxidation sites excluding steroid dienone is 2. The third-order valence-electron chi connectivity index (χ3n) is 3.00. The second-order valence-corrected chi connectivity index (χ2v) is 3.59. The normalized spacial score (nSPS) is 42.5. The maximum absolute atomic E-state index is 2.63. The molecule has 0 saturated carbocycles. The molecule has 1 nitrogen and oxygen atoms in total. The van der Waals surface area contributed by atoms with Gasteiger partial charge in [-0.15, -0.1) is 0 Å². The average molecular weight is 151 g/mol. The molecular weight excluding hydrogens is 134 g/mol. The summed E-state index contributed by atoms with van der Waals surface area (Å²) in [5.41, 5.74) is 0. The standard InChI is InChI=1S/C10H17N/c1-2-11-9-7-5-3-4-6-8-10(9)11/h3-4,9-10H,2,5-8H2,1H3. The molecule has 0 radical (unpaired) electrons. The summed E-state index contributed by atoms with van der Waals surface area (Å²) in [6.45, 7) is 3.54. The first-order valence-electron chi connectivity index (χ1n) is 4.84. The van der Waals surface area contributed by atoms with Crippen molar-refractivity contribution in [2.75, 3.05) is 6.54 Å². The van der Waals surface area contributed by atoms with Gasteiger partial charge >= 0.3 is 0 Å². The fraction of sp³-hybridized carbons (Fsp3) is 0.800. The van der Waals surface area contributed by atoms with Crippen LogP contribution in [0.5, 0.6) is 0 Å². The van der Waals surface area contributed by atoms with E-state index in [0.717, 1.165) is 12.1 Å². The van der Waals surface area contributed by atoms with Crippen molar-refractivity contribution in [3.63, 3.8) is 0 Å². The van der Waals surface area contributed by atoms with E-state index in [1.54, 1.807) is 0 Å². The highest BCUT2D eigenvalue weighted by molar-refractivity contribution is 5.05. The molecule has 0 aromatic heterocycles. The molecule has 2 rings (SSSR count). The Hall–Kier alpha value is -0.300. The van der Waals surface area contributed by atoms with Gasteiger partial charge in [0.05, 0.1) is 0 Å². The van der Waals surface area contributed by atoms with Gasteiger partial charge in [0.1, 0.15) is 0 Å². The van der Waals surface area contributed by atoms with E-state index >= 15 is 0 Å². The number of fused-ring (bicyclic) bond motifs is 1. The Morgan fingerprint density at radius 3 is 2.18 bits per heavy atom. The van der Waals surface area contributed by atoms with E-state index in [4.69, 9.17) is 0 Å². The maximum atomic E-state index is 2.63. The van der Waals surface area contributed by atoms with E-state index in [1.807, 2.05) is 0 Å². The number of nitrogens with zero attached hydrogens (tertiary/aromatic N) is 1. The molecule has 2 atom stereocenters. The van der Waals surface area contributed by atoms with Gasteiger partial charge in [-0.1, -0.05) is 19.1 Å². The van der Waals surface area contributed by atoms with Crippen molar-refractivity contribution in [2.24, 2.45) is 0 Å². The van der Waals surface area contributed by atoms with Crippen LogP contribution in [-0.4, -0.2) is 23.5 Å². The zero-order valence-corrected chi connectivity index (χ0v) is 7.29. The minimum absolute atomic E-state index is 0.949. The van der Waals surface area contributed by atoms with Crippen LogP contribution in [0.2, 0.25) is 0 Å². The van der Waals surface area contributed by atoms with Crippen molar-refractivity contribution >= 4 is 0 Å². The minimum Gasteiger partial charge on any atom is -0.295 e. The highest BCUT2D eigenvalue weighted by Crippen LogP contribution is 2.36. The highest BCUT2D eigenvalue weighted by Gasteiger charge is 2.44. The van der Waals surface area contributed by atoms with Crippen LogP contribution in [0.15, 0.2) is 12.2 Å². The Labute approximate surface area is 69.1 Å². The third-order valence-corrected chi connectivity index (χ3v) is 3.00. The van der Waals surface area contributed by atoms with Gasteiger partial charge < -0.3 is 0 Å². The fourth-order valence-corrected chi connectivity index (χ4v) is 2.35. The van der Waals surface area contributed by atoms with Gasteiger partial charge in [0, 0.05) is 12.1 Å². The molecule has 2 unspecified atom stereocenters. The van der Waals surface area contributed by atoms with Crippen LogP contribution in [0.3, 0.4) is 0 Å². The topological polar surface area (TPSA) is 3.01 Å². The van der Waals surface area contributed by atoms with Gasteiger partial charge in [-0.25, -0.2) is 0 Å². The SMILES string of the molecule is CCN1C2CCC=CCCC21. The Balaban J connectivity index is 1.91. The zero-order valence-electron chi connectivity index (χ0n) is 7.29. The lowest BCUT2D eigenvalue weighted by molar-refractivity contribution is 0.489. The molecule has 1 aliphatic heterocycles. The molecule has 2 aliphatic rings. The number of rotatable bonds is 1. The fourth-order valence-electron chi connectivity index (χ4n) is 2.35. The molecular formula is C10H17N. The molecule has 1 fully saturated rings. The quantitative estimate of drug-likeness (QED) is 0.410. The van der Waals surface area contributed by atoms with E-state index in [2.05, 4.69) is 24.0 Å². The number of likely N-dealkylation sites (N-methyl/N-ethyl adjacent to an activating group) is 1. The molecule has 0 amide bonds. The van der Waals surface area contributed by atoms with E-state index < -0.39 is 0 Å². The second-order valence-electron chi connectivity index (χ2n) is 3.59. The van der Waals surface area contributed by atoms with Crippen molar-refractivity contribution < 1.29 is 0 Å². The molecule has 1 saturated heterocycles. The van der Waals surface area contributed by atoms with Crippen LogP contribution in [0.4, 0.5) is 0 Å². The molecule has 0 aromatic rings. The van der Waals surface area contributed by atoms with Gasteiger partial charge in [0.25, 0.3) is 0 Å². The summed E-state index contributed by atoms with van der Waals surface area (Å²) >= 11 is 0. The summed E-state index contributed by atoms with van der Waals surface area (Å²) in [4.78, 5) is 2.63. The molecule has 0 spiro atoms. The van der Waals surface area contributed by atoms with Crippen molar-refractivity contribution in [3.05, 3.63) is 12.2 Å². The Kier molecular flexibility index (Phi) is 1.99. The number of hydrogen-bond acceptors (Lipinski definition) is 1. The summed E-state index contributed by atoms with van der Waals surface area (Å²) in [7, 11) is 0. The monoisotopic (exact) mass is 151 g/mol. The van der Waals surface area contributed by atoms with Crippen LogP contribution < -0.4 is 0 Å². The molecule has 0 aromatic carbocycles. The zero-order chi connectivity index (χ0) is 7.68. The first-order valence-corrected chi connectivity index (χ1v) is 4.84. The van der Waals surface area contributed by atoms with Crippen LogP contribution >= 0.6 is 0 Å². The van der Waals surface area contributed by atoms with Crippen LogP contribution in [0.1, 0.15) is 32.6 Å². The Morgan fingerprint density at radius 2 is 1.73 bits per heavy atom. The first-order chi connectivity index (χ1) is 5.43. The van der Waals surface area contributed by atoms with Gasteiger partial charge in [-0.3, -0.25) is 4.90 Å². The van der Waals surface area contributed by atoms with Gasteiger partial charge in [-0.2, -0.15) is 0 Å². The lowest BCUT2D eigenvalue weighted by Gasteiger charge is -1.97. The third kappa shape index (κ3) is 1.34. The first kappa shape index (κ1) is 7.35. The molecule has 62 valence electrons. The van der Waals surface area contributed by atoms with Gasteiger partial charge in [0.15, 0.2) is 0 Å². The Bertz CT molecular complexity index is 146. The lowest BCUT2D eigenvalue weighted by Crippen LogP contribution is -2.00. The summed E-state index contributed by atoms with van der Waals surface area (Å²) < 4.78 is 0. The molecule has 11 heavy (non-hydrogen) atoms. The van der Waals surface area contributed by atoms with E-state index in [-0.39, 0.29) is 0 Å². The number of hydrogen-bond donors (Lipinski definition) is 0. The minimum atomic E-state index is 0.949. The second kappa shape index (κ2) is 2.98. The van der Waals surface area contributed by atoms with E-state index in [9.17, 15) is 0 Å². The molecule has 1 aliphatic carbocycles. The lowest BCUT2D eigenvalue weighted by atomic mass is 10.1. The van der Waals surface area contributed by atoms with Crippen LogP contribution in [0, 0.1) is 0 Å². The largest absolute Gasteiger partial charge is 0.295 e. The molecule has 0 bridgehead atoms. The van der Waals surface area contributed by atoms with Crippen molar-refractivity contribution in [3.8, 4) is 0 Å². The van der Waals surface area contributed by atoms with Crippen molar-refractivity contribution in [1.82, 2.24) is 4.90 Å². The smallest absolute Gasteiger partial charge is 0.0258 e. The summed E-state index contributed by atoms with van der Waals surface area (Å²) in [5.74, 6) is 0. The van der Waals surface area contributed by atoms with Crippen LogP contribution in [-0.2, 0) is 0 Å². The molecule has 1 heteroatoms. The highest BCUT2D eigenvalue weighted by atomic mass is 15.3. The summed E-state index contributed by atoms with van der Waals surface area (Å²) in [6.07, 6.45) is 10.1. The van der Waals surface area contributed by atoms with E-state index in [1.165, 1.54) is 32.2 Å². The van der Waals surface area contributed by atoms with Crippen LogP contribution in [0.25, 0.3) is 0 Å². The molecule has 0 N–H and O–H groups in total. The van der Waals surface area contributed by atoms with Crippen molar-refractivity contribution in [2.45, 2.75) is 44.7 Å². The predicted molar refractivity (Wildman–Crippen MR) is 47.6 cm³/mol. The van der Waals surface area contributed by atoms with E-state index in [0.29, 0.717) is 0 Å². The average Bonchev–Trinajstić information content (AvgIpc) is 2.60. The van der Waals surface area contributed by atoms with Gasteiger partial charge in [-0.05, 0) is 32.2 Å². The predicted octanol–water partition coefficient (Wildman–Crippen LogP) is 2.19. The van der Waals surface area contributed by atoms with Gasteiger partial charge in [0.2, 0.25) is 0 Å².